The van der Waals surface area contributed by atoms with Crippen LogP contribution in [0.2, 0.25) is 9.36 Å². The normalized spacial score (nSPS) is 14.3. The molecule has 0 radical (unpaired) electrons. The van der Waals surface area contributed by atoms with Crippen LogP contribution in [-0.4, -0.2) is 40.7 Å². The summed E-state index contributed by atoms with van der Waals surface area (Å²) >= 11 is 12.4. The second kappa shape index (κ2) is 11.2. The van der Waals surface area contributed by atoms with Gasteiger partial charge in [-0.3, -0.25) is 4.68 Å². The van der Waals surface area contributed by atoms with Crippen molar-refractivity contribution >= 4 is 56.2 Å². The van der Waals surface area contributed by atoms with E-state index in [2.05, 4.69) is 20.4 Å². The summed E-state index contributed by atoms with van der Waals surface area (Å²) in [5, 5.41) is 7.24. The van der Waals surface area contributed by atoms with Crippen LogP contribution in [0.3, 0.4) is 0 Å². The Labute approximate surface area is 233 Å². The number of carbonyl (C=O) groups is 1. The average molecular weight is 590 g/mol. The van der Waals surface area contributed by atoms with Gasteiger partial charge in [0.1, 0.15) is 20.9 Å². The van der Waals surface area contributed by atoms with Gasteiger partial charge in [-0.1, -0.05) is 59.6 Å². The van der Waals surface area contributed by atoms with Crippen LogP contribution < -0.4 is 10.0 Å². The molecule has 0 saturated heterocycles. The zero-order valence-electron chi connectivity index (χ0n) is 19.9. The molecule has 0 aliphatic heterocycles. The minimum atomic E-state index is -4.08. The maximum Gasteiger partial charge on any atom is 0.328 e. The van der Waals surface area contributed by atoms with Crippen LogP contribution in [0.5, 0.6) is 0 Å². The van der Waals surface area contributed by atoms with Crippen LogP contribution in [0.15, 0.2) is 65.3 Å². The number of thiophene rings is 1. The van der Waals surface area contributed by atoms with Crippen LogP contribution in [0.4, 0.5) is 4.79 Å². The van der Waals surface area contributed by atoms with E-state index in [1.165, 1.54) is 6.07 Å². The first-order valence-corrected chi connectivity index (χ1v) is 14.7. The summed E-state index contributed by atoms with van der Waals surface area (Å²) in [6.45, 7) is 0.537. The molecule has 0 fully saturated rings. The summed E-state index contributed by atoms with van der Waals surface area (Å²) in [6, 6.07) is 10.3. The minimum absolute atomic E-state index is 0.115. The average Bonchev–Trinajstić information content (AvgIpc) is 3.48. The Morgan fingerprint density at radius 2 is 1.84 bits per heavy atom. The molecule has 5 rings (SSSR count). The monoisotopic (exact) mass is 588 g/mol. The number of allylic oxidation sites excluding steroid dienone is 1. The minimum Gasteiger partial charge on any atom is -0.334 e. The highest BCUT2D eigenvalue weighted by molar-refractivity contribution is 7.92. The van der Waals surface area contributed by atoms with Crippen LogP contribution in [0.25, 0.3) is 16.7 Å². The molecule has 3 heterocycles. The first kappa shape index (κ1) is 26.4. The highest BCUT2D eigenvalue weighted by atomic mass is 35.5. The summed E-state index contributed by atoms with van der Waals surface area (Å²) in [6.07, 6.45) is 10.00. The molecule has 38 heavy (non-hydrogen) atoms. The van der Waals surface area contributed by atoms with E-state index >= 15 is 0 Å². The van der Waals surface area contributed by atoms with Gasteiger partial charge in [0.25, 0.3) is 10.0 Å². The summed E-state index contributed by atoms with van der Waals surface area (Å²) in [7, 11) is -4.08. The Morgan fingerprint density at radius 3 is 2.55 bits per heavy atom. The predicted molar refractivity (Wildman–Crippen MR) is 148 cm³/mol. The lowest BCUT2D eigenvalue weighted by atomic mass is 9.92. The number of urea groups is 1. The molecule has 2 N–H and O–H groups in total. The van der Waals surface area contributed by atoms with Crippen LogP contribution in [0, 0.1) is 0 Å². The highest BCUT2D eigenvalue weighted by Crippen LogP contribution is 2.34. The smallest absolute Gasteiger partial charge is 0.328 e. The number of amides is 2. The van der Waals surface area contributed by atoms with Gasteiger partial charge in [-0.2, -0.15) is 5.10 Å². The van der Waals surface area contributed by atoms with Crippen molar-refractivity contribution in [2.45, 2.75) is 30.0 Å². The van der Waals surface area contributed by atoms with Crippen molar-refractivity contribution in [2.75, 3.05) is 6.54 Å². The Kier molecular flexibility index (Phi) is 7.80. The third kappa shape index (κ3) is 5.91. The number of rotatable bonds is 7. The SMILES string of the molecule is O=C(NCC=C1CCCc2cnn(Cc3ncc(-c4ccccc4)cn3)c21)NS(=O)(=O)c1cc(Cl)c(Cl)s1. The van der Waals surface area contributed by atoms with Gasteiger partial charge >= 0.3 is 6.03 Å². The Balaban J connectivity index is 1.25. The molecule has 0 unspecified atom stereocenters. The van der Waals surface area contributed by atoms with E-state index < -0.39 is 16.1 Å². The van der Waals surface area contributed by atoms with E-state index in [9.17, 15) is 13.2 Å². The second-order valence-corrected chi connectivity index (χ2v) is 12.5. The second-order valence-electron chi connectivity index (χ2n) is 8.52. The molecule has 3 aromatic heterocycles. The van der Waals surface area contributed by atoms with Gasteiger partial charge in [0.05, 0.1) is 16.9 Å². The lowest BCUT2D eigenvalue weighted by Crippen LogP contribution is -2.39. The van der Waals surface area contributed by atoms with Crippen LogP contribution in [-0.2, 0) is 23.0 Å². The summed E-state index contributed by atoms with van der Waals surface area (Å²) in [5.74, 6) is 0.636. The van der Waals surface area contributed by atoms with Crippen LogP contribution in [0.1, 0.15) is 29.9 Å². The summed E-state index contributed by atoms with van der Waals surface area (Å²) < 4.78 is 28.7. The fraction of sp³-hybridized carbons (Fsp3) is 0.200. The molecule has 196 valence electrons. The fourth-order valence-electron chi connectivity index (χ4n) is 4.17. The van der Waals surface area contributed by atoms with E-state index in [4.69, 9.17) is 23.2 Å². The molecule has 13 heteroatoms. The lowest BCUT2D eigenvalue weighted by Gasteiger charge is -2.18. The lowest BCUT2D eigenvalue weighted by molar-refractivity contribution is 0.247. The molecule has 0 atom stereocenters. The van der Waals surface area contributed by atoms with E-state index in [-0.39, 0.29) is 20.1 Å². The van der Waals surface area contributed by atoms with Gasteiger partial charge in [0.2, 0.25) is 0 Å². The zero-order valence-corrected chi connectivity index (χ0v) is 23.0. The quantitative estimate of drug-likeness (QED) is 0.307. The van der Waals surface area contributed by atoms with Crippen molar-refractivity contribution in [3.63, 3.8) is 0 Å². The van der Waals surface area contributed by atoms with Crippen molar-refractivity contribution in [1.82, 2.24) is 29.8 Å². The maximum absolute atomic E-state index is 12.4. The van der Waals surface area contributed by atoms with E-state index in [0.29, 0.717) is 12.4 Å². The number of hydrogen-bond acceptors (Lipinski definition) is 7. The van der Waals surface area contributed by atoms with E-state index in [0.717, 1.165) is 58.6 Å². The third-order valence-electron chi connectivity index (χ3n) is 5.94. The first-order chi connectivity index (χ1) is 18.3. The maximum atomic E-state index is 12.4. The van der Waals surface area contributed by atoms with E-state index in [1.807, 2.05) is 52.0 Å². The number of aromatic nitrogens is 4. The van der Waals surface area contributed by atoms with Gasteiger partial charge < -0.3 is 5.32 Å². The number of fused-ring (bicyclic) bond motifs is 1. The van der Waals surface area contributed by atoms with Crippen molar-refractivity contribution < 1.29 is 13.2 Å². The number of hydrogen-bond donors (Lipinski definition) is 2. The molecule has 4 aromatic rings. The number of aryl methyl sites for hydroxylation is 1. The largest absolute Gasteiger partial charge is 0.334 e. The Morgan fingerprint density at radius 1 is 1.08 bits per heavy atom. The molecular formula is C25H22Cl2N6O3S2. The van der Waals surface area contributed by atoms with Crippen molar-refractivity contribution in [3.05, 3.63) is 87.5 Å². The molecular weight excluding hydrogens is 567 g/mol. The molecule has 1 aliphatic carbocycles. The Bertz CT molecular complexity index is 1580. The van der Waals surface area contributed by atoms with Gasteiger partial charge in [0, 0.05) is 24.5 Å². The number of benzene rings is 1. The first-order valence-electron chi connectivity index (χ1n) is 11.7. The number of nitrogens with one attached hydrogen (secondary N) is 2. The van der Waals surface area contributed by atoms with Crippen molar-refractivity contribution in [1.29, 1.82) is 0 Å². The molecule has 0 bridgehead atoms. The van der Waals surface area contributed by atoms with Gasteiger partial charge in [-0.05, 0) is 42.0 Å². The van der Waals surface area contributed by atoms with Gasteiger partial charge in [-0.25, -0.2) is 27.9 Å². The summed E-state index contributed by atoms with van der Waals surface area (Å²) in [4.78, 5) is 21.3. The van der Waals surface area contributed by atoms with Crippen molar-refractivity contribution in [2.24, 2.45) is 0 Å². The van der Waals surface area contributed by atoms with E-state index in [1.54, 1.807) is 12.4 Å². The Hall–Kier alpha value is -3.25. The molecule has 2 amide bonds. The number of halogens is 2. The third-order valence-corrected chi connectivity index (χ3v) is 9.61. The molecule has 1 aliphatic rings. The highest BCUT2D eigenvalue weighted by Gasteiger charge is 2.23. The number of sulfonamides is 1. The molecule has 9 nitrogen and oxygen atoms in total. The van der Waals surface area contributed by atoms with Crippen LogP contribution >= 0.6 is 34.5 Å². The molecule has 0 spiro atoms. The standard InChI is InChI=1S/C25H22Cl2N6O3S2/c26-20-11-22(37-24(20)27)38(35,36)32-25(34)28-10-9-17-7-4-8-18-14-31-33(23(17)18)15-21-29-12-19(13-30-21)16-5-2-1-3-6-16/h1-3,5-6,9,11-14H,4,7-8,10,15H2,(H2,28,32,34). The van der Waals surface area contributed by atoms with Crippen molar-refractivity contribution in [3.8, 4) is 11.1 Å². The molecule has 0 saturated carbocycles. The topological polar surface area (TPSA) is 119 Å². The predicted octanol–water partition coefficient (Wildman–Crippen LogP) is 5.16. The fourth-order valence-corrected chi connectivity index (χ4v) is 6.98. The molecule has 1 aromatic carbocycles. The number of nitrogens with zero attached hydrogens (tertiary/aromatic N) is 4. The zero-order chi connectivity index (χ0) is 26.7. The van der Waals surface area contributed by atoms with Gasteiger partial charge in [0.15, 0.2) is 0 Å². The summed E-state index contributed by atoms with van der Waals surface area (Å²) in [5.41, 5.74) is 5.10. The number of carbonyl (C=O) groups excluding carboxylic acids is 1. The van der Waals surface area contributed by atoms with Gasteiger partial charge in [-0.15, -0.1) is 11.3 Å².